The summed E-state index contributed by atoms with van der Waals surface area (Å²) in [7, 11) is 0. The first-order valence-electron chi connectivity index (χ1n) is 7.09. The molecule has 5 nitrogen and oxygen atoms in total. The molecule has 2 aromatic carbocycles. The number of rotatable bonds is 4. The van der Waals surface area contributed by atoms with E-state index in [4.69, 9.17) is 4.42 Å². The second-order valence-corrected chi connectivity index (χ2v) is 5.21. The van der Waals surface area contributed by atoms with Gasteiger partial charge in [0, 0.05) is 12.1 Å². The van der Waals surface area contributed by atoms with Crippen LogP contribution in [0.1, 0.15) is 17.5 Å². The average molecular weight is 296 g/mol. The number of hydrogen-bond acceptors (Lipinski definition) is 3. The smallest absolute Gasteiger partial charge is 0.408 e. The highest BCUT2D eigenvalue weighted by molar-refractivity contribution is 5.91. The van der Waals surface area contributed by atoms with Crippen LogP contribution >= 0.6 is 0 Å². The molecule has 0 unspecified atom stereocenters. The van der Waals surface area contributed by atoms with Crippen LogP contribution in [0.5, 0.6) is 0 Å². The fourth-order valence-electron chi connectivity index (χ4n) is 2.34. The highest BCUT2D eigenvalue weighted by Gasteiger charge is 2.07. The standard InChI is InChI=1S/C17H16N2O3/c1-11-4-2-3-5-13(11)18-16(20)9-7-12-6-8-15-14(10-12)19-17(21)22-15/h2-6,8,10H,7,9H2,1H3,(H,18,20)(H,19,21). The van der Waals surface area contributed by atoms with Crippen molar-refractivity contribution in [1.82, 2.24) is 4.98 Å². The quantitative estimate of drug-likeness (QED) is 0.777. The van der Waals surface area contributed by atoms with Gasteiger partial charge in [0.2, 0.25) is 5.91 Å². The predicted octanol–water partition coefficient (Wildman–Crippen LogP) is 3.00. The minimum atomic E-state index is -0.468. The molecule has 2 N–H and O–H groups in total. The molecule has 0 saturated carbocycles. The number of carbonyl (C=O) groups is 1. The Kier molecular flexibility index (Phi) is 3.78. The lowest BCUT2D eigenvalue weighted by Crippen LogP contribution is -2.13. The van der Waals surface area contributed by atoms with Crippen molar-refractivity contribution in [3.05, 3.63) is 64.1 Å². The Labute approximate surface area is 127 Å². The molecule has 0 bridgehead atoms. The molecule has 0 spiro atoms. The van der Waals surface area contributed by atoms with Gasteiger partial charge in [0.25, 0.3) is 0 Å². The van der Waals surface area contributed by atoms with E-state index < -0.39 is 5.76 Å². The maximum Gasteiger partial charge on any atom is 0.417 e. The van der Waals surface area contributed by atoms with Gasteiger partial charge in [-0.15, -0.1) is 0 Å². The molecule has 0 aliphatic carbocycles. The van der Waals surface area contributed by atoms with Crippen LogP contribution in [0.2, 0.25) is 0 Å². The summed E-state index contributed by atoms with van der Waals surface area (Å²) in [6, 6.07) is 13.1. The Morgan fingerprint density at radius 2 is 2.05 bits per heavy atom. The van der Waals surface area contributed by atoms with Gasteiger partial charge < -0.3 is 9.73 Å². The lowest BCUT2D eigenvalue weighted by molar-refractivity contribution is -0.116. The van der Waals surface area contributed by atoms with Crippen molar-refractivity contribution in [2.75, 3.05) is 5.32 Å². The summed E-state index contributed by atoms with van der Waals surface area (Å²) in [5, 5.41) is 2.91. The number of fused-ring (bicyclic) bond motifs is 1. The van der Waals surface area contributed by atoms with Gasteiger partial charge in [-0.05, 0) is 42.7 Å². The van der Waals surface area contributed by atoms with Gasteiger partial charge in [-0.25, -0.2) is 4.79 Å². The third-order valence-corrected chi connectivity index (χ3v) is 3.54. The summed E-state index contributed by atoms with van der Waals surface area (Å²) in [5.41, 5.74) is 4.03. The number of aryl methyl sites for hydroxylation is 2. The number of anilines is 1. The maximum atomic E-state index is 12.0. The fourth-order valence-corrected chi connectivity index (χ4v) is 2.34. The zero-order valence-electron chi connectivity index (χ0n) is 12.2. The molecule has 22 heavy (non-hydrogen) atoms. The van der Waals surface area contributed by atoms with Crippen molar-refractivity contribution in [3.8, 4) is 0 Å². The number of aromatic nitrogens is 1. The van der Waals surface area contributed by atoms with Crippen molar-refractivity contribution in [3.63, 3.8) is 0 Å². The number of para-hydroxylation sites is 1. The number of hydrogen-bond donors (Lipinski definition) is 2. The molecule has 3 aromatic rings. The molecule has 1 amide bonds. The second-order valence-electron chi connectivity index (χ2n) is 5.21. The molecule has 0 aliphatic heterocycles. The largest absolute Gasteiger partial charge is 0.417 e. The highest BCUT2D eigenvalue weighted by Crippen LogP contribution is 2.16. The molecule has 0 atom stereocenters. The molecule has 1 aromatic heterocycles. The van der Waals surface area contributed by atoms with Crippen LogP contribution in [-0.4, -0.2) is 10.9 Å². The van der Waals surface area contributed by atoms with Gasteiger partial charge in [0.15, 0.2) is 5.58 Å². The zero-order valence-corrected chi connectivity index (χ0v) is 12.2. The Hall–Kier alpha value is -2.82. The van der Waals surface area contributed by atoms with Gasteiger partial charge in [-0.3, -0.25) is 9.78 Å². The molecule has 3 rings (SSSR count). The normalized spacial score (nSPS) is 10.8. The summed E-state index contributed by atoms with van der Waals surface area (Å²) in [6.45, 7) is 1.96. The van der Waals surface area contributed by atoms with Gasteiger partial charge in [-0.1, -0.05) is 24.3 Å². The van der Waals surface area contributed by atoms with Crippen LogP contribution in [-0.2, 0) is 11.2 Å². The van der Waals surface area contributed by atoms with Crippen LogP contribution in [0.25, 0.3) is 11.1 Å². The third-order valence-electron chi connectivity index (χ3n) is 3.54. The Morgan fingerprint density at radius 3 is 2.86 bits per heavy atom. The van der Waals surface area contributed by atoms with Crippen LogP contribution < -0.4 is 11.1 Å². The third kappa shape index (κ3) is 3.09. The predicted molar refractivity (Wildman–Crippen MR) is 85.0 cm³/mol. The first-order valence-corrected chi connectivity index (χ1v) is 7.09. The average Bonchev–Trinajstić information content (AvgIpc) is 2.87. The molecular weight excluding hydrogens is 280 g/mol. The molecule has 0 saturated heterocycles. The second kappa shape index (κ2) is 5.89. The maximum absolute atomic E-state index is 12.0. The Balaban J connectivity index is 1.64. The minimum Gasteiger partial charge on any atom is -0.408 e. The van der Waals surface area contributed by atoms with E-state index in [0.717, 1.165) is 16.8 Å². The van der Waals surface area contributed by atoms with E-state index in [2.05, 4.69) is 10.3 Å². The lowest BCUT2D eigenvalue weighted by Gasteiger charge is -2.08. The van der Waals surface area contributed by atoms with Gasteiger partial charge >= 0.3 is 5.76 Å². The topological polar surface area (TPSA) is 75.1 Å². The van der Waals surface area contributed by atoms with E-state index in [1.807, 2.05) is 43.3 Å². The number of amides is 1. The summed E-state index contributed by atoms with van der Waals surface area (Å²) in [5.74, 6) is -0.500. The summed E-state index contributed by atoms with van der Waals surface area (Å²) < 4.78 is 4.95. The number of oxazole rings is 1. The van der Waals surface area contributed by atoms with E-state index in [1.165, 1.54) is 0 Å². The lowest BCUT2D eigenvalue weighted by atomic mass is 10.1. The number of carbonyl (C=O) groups excluding carboxylic acids is 1. The van der Waals surface area contributed by atoms with E-state index in [0.29, 0.717) is 23.9 Å². The number of H-pyrrole nitrogens is 1. The van der Waals surface area contributed by atoms with Gasteiger partial charge in [-0.2, -0.15) is 0 Å². The van der Waals surface area contributed by atoms with Crippen molar-refractivity contribution >= 4 is 22.7 Å². The molecule has 1 heterocycles. The first-order chi connectivity index (χ1) is 10.6. The monoisotopic (exact) mass is 296 g/mol. The van der Waals surface area contributed by atoms with Crippen molar-refractivity contribution < 1.29 is 9.21 Å². The summed E-state index contributed by atoms with van der Waals surface area (Å²) >= 11 is 0. The summed E-state index contributed by atoms with van der Waals surface area (Å²) in [4.78, 5) is 25.7. The van der Waals surface area contributed by atoms with E-state index in [9.17, 15) is 9.59 Å². The first kappa shape index (κ1) is 14.1. The van der Waals surface area contributed by atoms with Crippen LogP contribution in [0, 0.1) is 6.92 Å². The van der Waals surface area contributed by atoms with Gasteiger partial charge in [0.1, 0.15) is 0 Å². The van der Waals surface area contributed by atoms with Crippen LogP contribution in [0.4, 0.5) is 5.69 Å². The number of aromatic amines is 1. The molecule has 112 valence electrons. The number of benzene rings is 2. The molecule has 0 radical (unpaired) electrons. The molecular formula is C17H16N2O3. The SMILES string of the molecule is Cc1ccccc1NC(=O)CCc1ccc2oc(=O)[nH]c2c1. The Bertz CT molecular complexity index is 877. The fraction of sp³-hybridized carbons (Fsp3) is 0.176. The van der Waals surface area contributed by atoms with Crippen LogP contribution in [0.15, 0.2) is 51.7 Å². The highest BCUT2D eigenvalue weighted by atomic mass is 16.4. The van der Waals surface area contributed by atoms with E-state index >= 15 is 0 Å². The number of nitrogens with one attached hydrogen (secondary N) is 2. The Morgan fingerprint density at radius 1 is 1.23 bits per heavy atom. The zero-order chi connectivity index (χ0) is 15.5. The minimum absolute atomic E-state index is 0.0323. The van der Waals surface area contributed by atoms with Crippen molar-refractivity contribution in [1.29, 1.82) is 0 Å². The van der Waals surface area contributed by atoms with E-state index in [-0.39, 0.29) is 5.91 Å². The molecule has 5 heteroatoms. The van der Waals surface area contributed by atoms with Gasteiger partial charge in [0.05, 0.1) is 5.52 Å². The van der Waals surface area contributed by atoms with Crippen molar-refractivity contribution in [2.45, 2.75) is 19.8 Å². The van der Waals surface area contributed by atoms with Crippen molar-refractivity contribution in [2.24, 2.45) is 0 Å². The molecule has 0 fully saturated rings. The molecule has 0 aliphatic rings. The van der Waals surface area contributed by atoms with E-state index in [1.54, 1.807) is 6.07 Å². The summed E-state index contributed by atoms with van der Waals surface area (Å²) in [6.07, 6.45) is 0.975. The van der Waals surface area contributed by atoms with Crippen LogP contribution in [0.3, 0.4) is 0 Å².